The summed E-state index contributed by atoms with van der Waals surface area (Å²) in [5, 5.41) is 8.52. The smallest absolute Gasteiger partial charge is 0.305 e. The Balaban J connectivity index is 3.11. The highest BCUT2D eigenvalue weighted by Gasteiger charge is 2.01. The molecule has 0 unspecified atom stereocenters. The third-order valence-corrected chi connectivity index (χ3v) is 2.05. The third kappa shape index (κ3) is 9.52. The molecule has 84 valence electrons. The van der Waals surface area contributed by atoms with Crippen molar-refractivity contribution in [2.75, 3.05) is 13.2 Å². The summed E-state index contributed by atoms with van der Waals surface area (Å²) in [5.41, 5.74) is 0. The van der Waals surface area contributed by atoms with E-state index in [9.17, 15) is 4.79 Å². The van der Waals surface area contributed by atoms with Crippen LogP contribution in [0.2, 0.25) is 0 Å². The van der Waals surface area contributed by atoms with E-state index >= 15 is 0 Å². The van der Waals surface area contributed by atoms with Crippen LogP contribution in [0.4, 0.5) is 0 Å². The monoisotopic (exact) mass is 202 g/mol. The minimum absolute atomic E-state index is 0.0981. The highest BCUT2D eigenvalue weighted by Crippen LogP contribution is 2.02. The van der Waals surface area contributed by atoms with E-state index in [0.29, 0.717) is 13.0 Å². The molecule has 0 saturated carbocycles. The van der Waals surface area contributed by atoms with Gasteiger partial charge >= 0.3 is 5.97 Å². The maximum Gasteiger partial charge on any atom is 0.305 e. The second kappa shape index (κ2) is 10.5. The second-order valence-electron chi connectivity index (χ2n) is 3.46. The molecule has 0 bridgehead atoms. The van der Waals surface area contributed by atoms with Crippen molar-refractivity contribution in [3.05, 3.63) is 0 Å². The number of rotatable bonds is 9. The van der Waals surface area contributed by atoms with Crippen molar-refractivity contribution in [1.82, 2.24) is 0 Å². The molecule has 0 rings (SSSR count). The number of carbonyl (C=O) groups excluding carboxylic acids is 1. The number of unbranched alkanes of at least 4 members (excludes halogenated alkanes) is 4. The van der Waals surface area contributed by atoms with Crippen LogP contribution in [0.25, 0.3) is 0 Å². The van der Waals surface area contributed by atoms with Crippen LogP contribution >= 0.6 is 0 Å². The lowest BCUT2D eigenvalue weighted by Gasteiger charge is -2.03. The molecule has 14 heavy (non-hydrogen) atoms. The topological polar surface area (TPSA) is 46.5 Å². The van der Waals surface area contributed by atoms with Crippen molar-refractivity contribution >= 4 is 5.97 Å². The van der Waals surface area contributed by atoms with Crippen LogP contribution in [0.3, 0.4) is 0 Å². The minimum atomic E-state index is -0.0981. The van der Waals surface area contributed by atoms with Crippen molar-refractivity contribution < 1.29 is 14.6 Å². The fourth-order valence-corrected chi connectivity index (χ4v) is 1.17. The van der Waals surface area contributed by atoms with Crippen LogP contribution < -0.4 is 0 Å². The summed E-state index contributed by atoms with van der Waals surface area (Å²) in [6.07, 6.45) is 6.24. The van der Waals surface area contributed by atoms with Crippen molar-refractivity contribution in [3.63, 3.8) is 0 Å². The zero-order valence-corrected chi connectivity index (χ0v) is 9.13. The molecular formula is C11H22O3. The highest BCUT2D eigenvalue weighted by molar-refractivity contribution is 5.69. The molecule has 0 heterocycles. The Morgan fingerprint density at radius 1 is 1.14 bits per heavy atom. The quantitative estimate of drug-likeness (QED) is 0.461. The Morgan fingerprint density at radius 3 is 2.57 bits per heavy atom. The van der Waals surface area contributed by atoms with Gasteiger partial charge in [-0.3, -0.25) is 4.79 Å². The Morgan fingerprint density at radius 2 is 1.93 bits per heavy atom. The molecule has 1 N–H and O–H groups in total. The average molecular weight is 202 g/mol. The molecule has 3 heteroatoms. The molecule has 0 spiro atoms. The normalized spacial score (nSPS) is 10.1. The fourth-order valence-electron chi connectivity index (χ4n) is 1.17. The van der Waals surface area contributed by atoms with Crippen LogP contribution in [0.1, 0.15) is 51.9 Å². The second-order valence-corrected chi connectivity index (χ2v) is 3.46. The van der Waals surface area contributed by atoms with Gasteiger partial charge in [0.2, 0.25) is 0 Å². The molecule has 0 aromatic carbocycles. The van der Waals surface area contributed by atoms with Crippen LogP contribution in [0.5, 0.6) is 0 Å². The van der Waals surface area contributed by atoms with Gasteiger partial charge in [0.05, 0.1) is 6.61 Å². The summed E-state index contributed by atoms with van der Waals surface area (Å²) in [6.45, 7) is 2.90. The van der Waals surface area contributed by atoms with Gasteiger partial charge in [0, 0.05) is 13.0 Å². The summed E-state index contributed by atoms with van der Waals surface area (Å²) in [5.74, 6) is -0.0981. The van der Waals surface area contributed by atoms with E-state index in [1.54, 1.807) is 0 Å². The van der Waals surface area contributed by atoms with E-state index in [1.165, 1.54) is 0 Å². The Hall–Kier alpha value is -0.570. The zero-order chi connectivity index (χ0) is 10.6. The van der Waals surface area contributed by atoms with E-state index in [0.717, 1.165) is 38.5 Å². The van der Waals surface area contributed by atoms with Crippen molar-refractivity contribution in [2.45, 2.75) is 51.9 Å². The van der Waals surface area contributed by atoms with E-state index in [2.05, 4.69) is 6.92 Å². The molecule has 0 saturated heterocycles. The van der Waals surface area contributed by atoms with Crippen molar-refractivity contribution in [1.29, 1.82) is 0 Å². The number of aliphatic hydroxyl groups is 1. The lowest BCUT2D eigenvalue weighted by molar-refractivity contribution is -0.143. The number of carbonyl (C=O) groups is 1. The molecule has 0 aromatic heterocycles. The fraction of sp³-hybridized carbons (Fsp3) is 0.909. The van der Waals surface area contributed by atoms with Gasteiger partial charge < -0.3 is 9.84 Å². The van der Waals surface area contributed by atoms with Crippen molar-refractivity contribution in [2.24, 2.45) is 0 Å². The Kier molecular flexibility index (Phi) is 10.1. The maximum absolute atomic E-state index is 11.1. The van der Waals surface area contributed by atoms with Gasteiger partial charge in [-0.15, -0.1) is 0 Å². The molecule has 3 nitrogen and oxygen atoms in total. The van der Waals surface area contributed by atoms with E-state index in [-0.39, 0.29) is 12.6 Å². The number of esters is 1. The predicted octanol–water partition coefficient (Wildman–Crippen LogP) is 2.27. The van der Waals surface area contributed by atoms with Gasteiger partial charge in [0.25, 0.3) is 0 Å². The lowest BCUT2D eigenvalue weighted by atomic mass is 10.2. The lowest BCUT2D eigenvalue weighted by Crippen LogP contribution is -2.05. The Bertz CT molecular complexity index is 120. The zero-order valence-electron chi connectivity index (χ0n) is 9.13. The summed E-state index contributed by atoms with van der Waals surface area (Å²) >= 11 is 0. The van der Waals surface area contributed by atoms with Gasteiger partial charge in [0.15, 0.2) is 0 Å². The number of ether oxygens (including phenoxy) is 1. The SMILES string of the molecule is CCCCCOC(=O)CCCCCO. The summed E-state index contributed by atoms with van der Waals surface area (Å²) in [6, 6.07) is 0. The molecule has 0 aliphatic heterocycles. The number of aliphatic hydroxyl groups excluding tert-OH is 1. The third-order valence-electron chi connectivity index (χ3n) is 2.05. The van der Waals surface area contributed by atoms with E-state index in [4.69, 9.17) is 9.84 Å². The van der Waals surface area contributed by atoms with E-state index in [1.807, 2.05) is 0 Å². The molecule has 0 radical (unpaired) electrons. The minimum Gasteiger partial charge on any atom is -0.466 e. The first-order chi connectivity index (χ1) is 6.81. The standard InChI is InChI=1S/C11H22O3/c1-2-3-7-10-14-11(13)8-5-4-6-9-12/h12H,2-10H2,1H3. The average Bonchev–Trinajstić information content (AvgIpc) is 2.19. The predicted molar refractivity (Wildman–Crippen MR) is 56.0 cm³/mol. The summed E-state index contributed by atoms with van der Waals surface area (Å²) in [7, 11) is 0. The van der Waals surface area contributed by atoms with Crippen LogP contribution in [0.15, 0.2) is 0 Å². The van der Waals surface area contributed by atoms with Crippen molar-refractivity contribution in [3.8, 4) is 0 Å². The van der Waals surface area contributed by atoms with Gasteiger partial charge in [0.1, 0.15) is 0 Å². The first kappa shape index (κ1) is 13.4. The van der Waals surface area contributed by atoms with Gasteiger partial charge in [-0.05, 0) is 19.3 Å². The van der Waals surface area contributed by atoms with Gasteiger partial charge in [-0.1, -0.05) is 26.2 Å². The molecule has 0 amide bonds. The molecule has 0 aliphatic carbocycles. The number of hydrogen-bond donors (Lipinski definition) is 1. The largest absolute Gasteiger partial charge is 0.466 e. The number of hydrogen-bond acceptors (Lipinski definition) is 3. The highest BCUT2D eigenvalue weighted by atomic mass is 16.5. The van der Waals surface area contributed by atoms with Crippen LogP contribution in [-0.4, -0.2) is 24.3 Å². The molecule has 0 aromatic rings. The van der Waals surface area contributed by atoms with Crippen LogP contribution in [-0.2, 0) is 9.53 Å². The molecular weight excluding hydrogens is 180 g/mol. The van der Waals surface area contributed by atoms with E-state index < -0.39 is 0 Å². The molecule has 0 atom stereocenters. The maximum atomic E-state index is 11.1. The van der Waals surface area contributed by atoms with Crippen LogP contribution in [0, 0.1) is 0 Å². The molecule has 0 fully saturated rings. The molecule has 0 aliphatic rings. The summed E-state index contributed by atoms with van der Waals surface area (Å²) < 4.78 is 5.02. The first-order valence-electron chi connectivity index (χ1n) is 5.57. The van der Waals surface area contributed by atoms with Gasteiger partial charge in [-0.2, -0.15) is 0 Å². The first-order valence-corrected chi connectivity index (χ1v) is 5.57. The summed E-state index contributed by atoms with van der Waals surface area (Å²) in [4.78, 5) is 11.1. The Labute approximate surface area is 86.5 Å². The van der Waals surface area contributed by atoms with Gasteiger partial charge in [-0.25, -0.2) is 0 Å².